The van der Waals surface area contributed by atoms with Crippen LogP contribution in [-0.4, -0.2) is 34.2 Å². The summed E-state index contributed by atoms with van der Waals surface area (Å²) in [4.78, 5) is 43.0. The van der Waals surface area contributed by atoms with Gasteiger partial charge in [0.1, 0.15) is 0 Å². The van der Waals surface area contributed by atoms with E-state index in [1.54, 1.807) is 38.2 Å². The summed E-state index contributed by atoms with van der Waals surface area (Å²) in [5.74, 6) is -1.93. The summed E-state index contributed by atoms with van der Waals surface area (Å²) in [5, 5.41) is 6.27. The number of nitrogens with zero attached hydrogens (tertiary/aromatic N) is 2. The van der Waals surface area contributed by atoms with Crippen LogP contribution in [0.4, 0.5) is 4.79 Å². The number of aryl methyl sites for hydroxylation is 3. The fourth-order valence-electron chi connectivity index (χ4n) is 3.14. The molecule has 30 heavy (non-hydrogen) atoms. The summed E-state index contributed by atoms with van der Waals surface area (Å²) < 4.78 is 10.8. The minimum absolute atomic E-state index is 0.175. The number of nitrogens with two attached hydrogens (primary N) is 1. The number of hydrogen-bond acceptors (Lipinski definition) is 8. The Kier molecular flexibility index (Phi) is 5.88. The molecule has 1 atom stereocenters. The second kappa shape index (κ2) is 8.23. The highest BCUT2D eigenvalue weighted by atomic mass is 32.1. The molecule has 0 aliphatic heterocycles. The van der Waals surface area contributed by atoms with Gasteiger partial charge in [-0.05, 0) is 38.8 Å². The summed E-state index contributed by atoms with van der Waals surface area (Å²) in [6.45, 7) is 9.01. The Morgan fingerprint density at radius 2 is 1.90 bits per heavy atom. The van der Waals surface area contributed by atoms with E-state index < -0.39 is 29.9 Å². The first-order valence-electron chi connectivity index (χ1n) is 9.24. The van der Waals surface area contributed by atoms with Gasteiger partial charge in [-0.2, -0.15) is 0 Å². The molecule has 9 nitrogen and oxygen atoms in total. The van der Waals surface area contributed by atoms with Gasteiger partial charge in [-0.25, -0.2) is 14.6 Å². The molecule has 0 radical (unpaired) electrons. The molecule has 0 saturated carbocycles. The van der Waals surface area contributed by atoms with Crippen molar-refractivity contribution in [2.75, 3.05) is 0 Å². The van der Waals surface area contributed by atoms with E-state index in [0.29, 0.717) is 16.8 Å². The van der Waals surface area contributed by atoms with Gasteiger partial charge in [0, 0.05) is 15.3 Å². The van der Waals surface area contributed by atoms with Gasteiger partial charge in [0.05, 0.1) is 22.3 Å². The zero-order valence-electron chi connectivity index (χ0n) is 17.2. The van der Waals surface area contributed by atoms with Crippen molar-refractivity contribution in [3.8, 4) is 11.3 Å². The van der Waals surface area contributed by atoms with E-state index >= 15 is 0 Å². The molecule has 10 heteroatoms. The number of primary amides is 1. The molecule has 0 aliphatic rings. The van der Waals surface area contributed by atoms with Crippen LogP contribution in [0.3, 0.4) is 0 Å². The number of ether oxygens (including phenoxy) is 1. The lowest BCUT2D eigenvalue weighted by molar-refractivity contribution is -0.130. The van der Waals surface area contributed by atoms with Gasteiger partial charge >= 0.3 is 12.0 Å². The fraction of sp³-hybridized carbons (Fsp3) is 0.350. The number of hydrogen-bond donors (Lipinski definition) is 2. The molecule has 3 heterocycles. The van der Waals surface area contributed by atoms with Gasteiger partial charge in [-0.1, -0.05) is 19.0 Å². The van der Waals surface area contributed by atoms with Crippen LogP contribution in [0.15, 0.2) is 16.7 Å². The zero-order chi connectivity index (χ0) is 22.2. The maximum absolute atomic E-state index is 13.1. The topological polar surface area (TPSA) is 137 Å². The quantitative estimate of drug-likeness (QED) is 0.593. The van der Waals surface area contributed by atoms with Crippen LogP contribution < -0.4 is 11.1 Å². The van der Waals surface area contributed by atoms with Gasteiger partial charge < -0.3 is 15.0 Å². The summed E-state index contributed by atoms with van der Waals surface area (Å²) >= 11 is 1.61. The maximum Gasteiger partial charge on any atom is 0.339 e. The average molecular weight is 430 g/mol. The number of pyridine rings is 1. The monoisotopic (exact) mass is 430 g/mol. The number of rotatable bonds is 5. The Morgan fingerprint density at radius 1 is 1.20 bits per heavy atom. The Labute approximate surface area is 176 Å². The maximum atomic E-state index is 13.1. The van der Waals surface area contributed by atoms with Crippen molar-refractivity contribution >= 4 is 40.3 Å². The van der Waals surface area contributed by atoms with Crippen molar-refractivity contribution in [3.63, 3.8) is 0 Å². The lowest BCUT2D eigenvalue weighted by Gasteiger charge is -2.20. The highest BCUT2D eigenvalue weighted by Gasteiger charge is 2.30. The Hall–Kier alpha value is -3.27. The van der Waals surface area contributed by atoms with E-state index in [-0.39, 0.29) is 11.3 Å². The van der Waals surface area contributed by atoms with Crippen molar-refractivity contribution in [2.45, 2.75) is 40.7 Å². The number of aromatic nitrogens is 2. The predicted octanol–water partition coefficient (Wildman–Crippen LogP) is 3.25. The number of carbonyl (C=O) groups excluding carboxylic acids is 3. The molecule has 0 spiro atoms. The van der Waals surface area contributed by atoms with Crippen LogP contribution >= 0.6 is 11.3 Å². The van der Waals surface area contributed by atoms with E-state index in [9.17, 15) is 14.4 Å². The van der Waals surface area contributed by atoms with E-state index in [1.807, 2.05) is 25.2 Å². The van der Waals surface area contributed by atoms with Gasteiger partial charge in [-0.3, -0.25) is 10.1 Å². The lowest BCUT2D eigenvalue weighted by atomic mass is 10.0. The zero-order valence-corrected chi connectivity index (χ0v) is 18.0. The van der Waals surface area contributed by atoms with Gasteiger partial charge in [0.2, 0.25) is 0 Å². The number of urea groups is 1. The third-order valence-corrected chi connectivity index (χ3v) is 5.46. The van der Waals surface area contributed by atoms with E-state index in [1.165, 1.54) is 0 Å². The molecule has 0 saturated heterocycles. The molecule has 3 amide bonds. The van der Waals surface area contributed by atoms with Crippen molar-refractivity contribution in [1.29, 1.82) is 0 Å². The van der Waals surface area contributed by atoms with Gasteiger partial charge in [0.25, 0.3) is 11.6 Å². The smallest absolute Gasteiger partial charge is 0.339 e. The first-order chi connectivity index (χ1) is 14.1. The van der Waals surface area contributed by atoms with Gasteiger partial charge in [0.15, 0.2) is 6.10 Å². The number of esters is 1. The minimum atomic E-state index is -1.21. The molecule has 3 aromatic heterocycles. The number of thiophene rings is 1. The van der Waals surface area contributed by atoms with Crippen LogP contribution in [0, 0.1) is 26.7 Å². The Morgan fingerprint density at radius 3 is 2.47 bits per heavy atom. The minimum Gasteiger partial charge on any atom is -0.448 e. The van der Waals surface area contributed by atoms with Crippen molar-refractivity contribution in [3.05, 3.63) is 33.1 Å². The Bertz CT molecular complexity index is 1150. The summed E-state index contributed by atoms with van der Waals surface area (Å²) in [6.07, 6.45) is -1.21. The van der Waals surface area contributed by atoms with Crippen LogP contribution in [0.2, 0.25) is 0 Å². The third-order valence-electron chi connectivity index (χ3n) is 4.50. The number of nitrogens with one attached hydrogen (secondary N) is 1. The van der Waals surface area contributed by atoms with Crippen LogP contribution in [0.1, 0.15) is 39.7 Å². The van der Waals surface area contributed by atoms with Crippen LogP contribution in [0.5, 0.6) is 0 Å². The SMILES string of the molecule is Cc1cc(-c2cc(C(=O)OC(C(=O)NC(N)=O)C(C)C)c3c(C)noc3n2)c(C)s1. The molecule has 158 valence electrons. The molecule has 1 unspecified atom stereocenters. The van der Waals surface area contributed by atoms with Crippen molar-refractivity contribution in [2.24, 2.45) is 11.7 Å². The molecule has 3 N–H and O–H groups in total. The molecule has 0 fully saturated rings. The second-order valence-electron chi connectivity index (χ2n) is 7.25. The Balaban J connectivity index is 2.06. The predicted molar refractivity (Wildman–Crippen MR) is 111 cm³/mol. The normalized spacial score (nSPS) is 12.2. The lowest BCUT2D eigenvalue weighted by Crippen LogP contribution is -2.45. The summed E-state index contributed by atoms with van der Waals surface area (Å²) in [6, 6.07) is 2.56. The van der Waals surface area contributed by atoms with E-state index in [4.69, 9.17) is 15.0 Å². The number of carbonyl (C=O) groups is 3. The number of imide groups is 1. The fourth-order valence-corrected chi connectivity index (χ4v) is 4.08. The highest BCUT2D eigenvalue weighted by molar-refractivity contribution is 7.12. The first kappa shape index (κ1) is 21.4. The third kappa shape index (κ3) is 4.18. The second-order valence-corrected chi connectivity index (χ2v) is 8.71. The molecule has 3 rings (SSSR count). The van der Waals surface area contributed by atoms with Crippen molar-refractivity contribution < 1.29 is 23.6 Å². The van der Waals surface area contributed by atoms with E-state index in [2.05, 4.69) is 10.1 Å². The molecule has 0 bridgehead atoms. The molecule has 0 aliphatic carbocycles. The summed E-state index contributed by atoms with van der Waals surface area (Å²) in [5.41, 5.74) is 7.26. The molecule has 3 aromatic rings. The standard InChI is InChI=1S/C20H22N4O5S/c1-8(2)16(17(25)23-20(21)27)28-19(26)13-7-14(12-6-9(3)30-11(12)5)22-18-15(13)10(4)24-29-18/h6-8,16H,1-5H3,(H3,21,23,25,27). The first-order valence-corrected chi connectivity index (χ1v) is 10.1. The summed E-state index contributed by atoms with van der Waals surface area (Å²) in [7, 11) is 0. The molecule has 0 aromatic carbocycles. The largest absolute Gasteiger partial charge is 0.448 e. The average Bonchev–Trinajstić information content (AvgIpc) is 3.19. The van der Waals surface area contributed by atoms with E-state index in [0.717, 1.165) is 15.3 Å². The van der Waals surface area contributed by atoms with Gasteiger partial charge in [-0.15, -0.1) is 11.3 Å². The number of amides is 3. The molecular weight excluding hydrogens is 408 g/mol. The van der Waals surface area contributed by atoms with Crippen molar-refractivity contribution in [1.82, 2.24) is 15.5 Å². The van der Waals surface area contributed by atoms with Crippen LogP contribution in [-0.2, 0) is 9.53 Å². The molecular formula is C20H22N4O5S. The highest BCUT2D eigenvalue weighted by Crippen LogP contribution is 2.33. The number of fused-ring (bicyclic) bond motifs is 1. The van der Waals surface area contributed by atoms with Crippen LogP contribution in [0.25, 0.3) is 22.4 Å².